The zero-order valence-electron chi connectivity index (χ0n) is 32.9. The number of carbonyl (C=O) groups is 4. The number of aromatic hydroxyl groups is 1. The number of aryl methyl sites for hydroxylation is 2. The highest BCUT2D eigenvalue weighted by molar-refractivity contribution is 7.91. The minimum atomic E-state index is -4.01. The fraction of sp³-hybridized carbons (Fsp3) is 0.550. The maximum absolute atomic E-state index is 14.7. The molecule has 7 rings (SSSR count). The van der Waals surface area contributed by atoms with Gasteiger partial charge in [-0.1, -0.05) is 25.0 Å². The molecule has 4 amide bonds. The number of amides is 4. The van der Waals surface area contributed by atoms with Crippen LogP contribution < -0.4 is 24.8 Å². The zero-order chi connectivity index (χ0) is 40.9. The molecule has 4 N–H and O–H groups in total. The molecule has 0 spiro atoms. The molecular weight excluding hydrogens is 755 g/mol. The van der Waals surface area contributed by atoms with Gasteiger partial charge < -0.3 is 30.1 Å². The molecule has 1 saturated heterocycles. The van der Waals surface area contributed by atoms with Gasteiger partial charge in [-0.2, -0.15) is 5.10 Å². The third-order valence-corrected chi connectivity index (χ3v) is 13.7. The van der Waals surface area contributed by atoms with Crippen LogP contribution in [0.1, 0.15) is 94.6 Å². The number of nitrogens with one attached hydrogen (secondary N) is 3. The van der Waals surface area contributed by atoms with Crippen LogP contribution in [0.4, 0.5) is 0 Å². The van der Waals surface area contributed by atoms with Crippen LogP contribution in [0.3, 0.4) is 0 Å². The Hall–Kier alpha value is -5.19. The largest absolute Gasteiger partial charge is 0.508 e. The van der Waals surface area contributed by atoms with Crippen LogP contribution in [-0.2, 0) is 31.5 Å². The predicted octanol–water partition coefficient (Wildman–Crippen LogP) is 3.31. The van der Waals surface area contributed by atoms with Crippen molar-refractivity contribution in [2.75, 3.05) is 6.54 Å². The van der Waals surface area contributed by atoms with E-state index >= 15 is 0 Å². The van der Waals surface area contributed by atoms with Crippen LogP contribution in [0.5, 0.6) is 17.4 Å². The van der Waals surface area contributed by atoms with Gasteiger partial charge in [-0.3, -0.25) is 28.6 Å². The second kappa shape index (κ2) is 15.3. The van der Waals surface area contributed by atoms with Crippen molar-refractivity contribution in [1.29, 1.82) is 0 Å². The van der Waals surface area contributed by atoms with E-state index in [2.05, 4.69) is 25.4 Å². The van der Waals surface area contributed by atoms with E-state index in [1.54, 1.807) is 45.3 Å². The van der Waals surface area contributed by atoms with E-state index in [4.69, 9.17) is 9.47 Å². The second-order valence-corrected chi connectivity index (χ2v) is 18.5. The summed E-state index contributed by atoms with van der Waals surface area (Å²) in [5.74, 6) is -2.30. The average molecular weight is 806 g/mol. The van der Waals surface area contributed by atoms with Gasteiger partial charge in [0.25, 0.3) is 11.8 Å². The fourth-order valence-corrected chi connectivity index (χ4v) is 8.97. The van der Waals surface area contributed by atoms with Gasteiger partial charge in [-0.05, 0) is 84.4 Å². The van der Waals surface area contributed by atoms with Crippen molar-refractivity contribution in [3.05, 3.63) is 53.9 Å². The number of carbonyl (C=O) groups excluding carboxylic acids is 4. The van der Waals surface area contributed by atoms with Crippen LogP contribution in [-0.4, -0.2) is 97.9 Å². The molecule has 0 radical (unpaired) electrons. The predicted molar refractivity (Wildman–Crippen MR) is 209 cm³/mol. The molecule has 5 atom stereocenters. The minimum absolute atomic E-state index is 0.00824. The van der Waals surface area contributed by atoms with Crippen molar-refractivity contribution in [2.45, 2.75) is 120 Å². The van der Waals surface area contributed by atoms with Crippen LogP contribution in [0.2, 0.25) is 0 Å². The third-order valence-electron chi connectivity index (χ3n) is 11.5. The Morgan fingerprint density at radius 1 is 1.12 bits per heavy atom. The summed E-state index contributed by atoms with van der Waals surface area (Å²) in [7, 11) is -2.33. The maximum atomic E-state index is 14.7. The monoisotopic (exact) mass is 805 g/mol. The number of phenols is 1. The first-order valence-electron chi connectivity index (χ1n) is 19.6. The molecule has 17 heteroatoms. The number of fused-ring (bicyclic) bond motifs is 3. The smallest absolute Gasteiger partial charge is 0.272 e. The first kappa shape index (κ1) is 40.0. The second-order valence-electron chi connectivity index (χ2n) is 16.3. The summed E-state index contributed by atoms with van der Waals surface area (Å²) in [6.07, 6.45) is 8.61. The first-order valence-corrected chi connectivity index (χ1v) is 21.1. The summed E-state index contributed by atoms with van der Waals surface area (Å²) in [6, 6.07) is 4.23. The molecule has 2 saturated carbocycles. The van der Waals surface area contributed by atoms with Crippen molar-refractivity contribution in [3.8, 4) is 17.4 Å². The number of rotatable bonds is 9. The summed E-state index contributed by atoms with van der Waals surface area (Å²) in [4.78, 5) is 62.5. The minimum Gasteiger partial charge on any atom is -0.508 e. The standard InChI is InChI=1S/C40H51N7O9S/c1-23(2)55-33-20-32(27-13-14-31(48)24(3)34(27)42-33)56-26-19-30-36(50)43-40(38(52)45-57(53,54)39(4)16-17-39)21-25(40)11-9-7-6-8-10-12-29(37(51)47(30)22-26)41-35(49)28-15-18-46(5)44-28/h9,11,13-15,18,20,23,25-26,29-30,48H,6-8,10,12,16-17,19,21-22H2,1-5H3,(H,41,49)(H,43,50)(H,45,52)/t25-,26-,29+,30+,40-/m1/s1. The lowest BCUT2D eigenvalue weighted by atomic mass is 10.0. The Labute approximate surface area is 331 Å². The van der Waals surface area contributed by atoms with E-state index < -0.39 is 68.0 Å². The SMILES string of the molecule is Cc1c(O)ccc2c(O[C@@H]3C[C@H]4C(=O)N[C@]5(C(=O)NS(=O)(=O)C6(C)CC6)C[C@H]5C=CCCCCC[C@H](NC(=O)c5ccn(C)n5)C(=O)N4C3)cc(OC(C)C)nc12. The van der Waals surface area contributed by atoms with Crippen molar-refractivity contribution >= 4 is 44.6 Å². The molecule has 4 aliphatic rings. The molecule has 0 bridgehead atoms. The van der Waals surface area contributed by atoms with Gasteiger partial charge in [0.2, 0.25) is 27.7 Å². The number of ether oxygens (including phenoxy) is 2. The van der Waals surface area contributed by atoms with Crippen LogP contribution in [0, 0.1) is 12.8 Å². The summed E-state index contributed by atoms with van der Waals surface area (Å²) < 4.78 is 41.6. The van der Waals surface area contributed by atoms with Crippen molar-refractivity contribution in [2.24, 2.45) is 13.0 Å². The van der Waals surface area contributed by atoms with E-state index in [-0.39, 0.29) is 42.8 Å². The zero-order valence-corrected chi connectivity index (χ0v) is 33.7. The molecule has 306 valence electrons. The number of pyridine rings is 1. The van der Waals surface area contributed by atoms with Gasteiger partial charge in [-0.25, -0.2) is 13.4 Å². The molecule has 4 heterocycles. The number of hydrogen-bond donors (Lipinski definition) is 4. The van der Waals surface area contributed by atoms with E-state index in [1.807, 2.05) is 26.0 Å². The van der Waals surface area contributed by atoms with E-state index in [1.165, 1.54) is 15.6 Å². The third kappa shape index (κ3) is 8.16. The lowest BCUT2D eigenvalue weighted by Gasteiger charge is -2.30. The summed E-state index contributed by atoms with van der Waals surface area (Å²) in [6.45, 7) is 6.96. The molecule has 57 heavy (non-hydrogen) atoms. The molecule has 1 aromatic carbocycles. The summed E-state index contributed by atoms with van der Waals surface area (Å²) in [5.41, 5.74) is -0.439. The van der Waals surface area contributed by atoms with E-state index in [0.29, 0.717) is 54.3 Å². The lowest BCUT2D eigenvalue weighted by molar-refractivity contribution is -0.141. The van der Waals surface area contributed by atoms with Crippen LogP contribution in [0.25, 0.3) is 10.9 Å². The number of nitrogens with zero attached hydrogens (tertiary/aromatic N) is 4. The van der Waals surface area contributed by atoms with Crippen molar-refractivity contribution in [1.82, 2.24) is 35.0 Å². The Bertz CT molecular complexity index is 2230. The van der Waals surface area contributed by atoms with Gasteiger partial charge in [-0.15, -0.1) is 0 Å². The number of sulfonamides is 1. The quantitative estimate of drug-likeness (QED) is 0.231. The topological polar surface area (TPSA) is 211 Å². The molecule has 2 aromatic heterocycles. The number of hydrogen-bond acceptors (Lipinski definition) is 11. The van der Waals surface area contributed by atoms with E-state index in [9.17, 15) is 32.7 Å². The Morgan fingerprint density at radius 3 is 2.60 bits per heavy atom. The molecule has 0 unspecified atom stereocenters. The average Bonchev–Trinajstić information content (AvgIpc) is 3.95. The number of phenolic OH excluding ortho intramolecular Hbond substituents is 1. The fourth-order valence-electron chi connectivity index (χ4n) is 7.66. The van der Waals surface area contributed by atoms with Crippen LogP contribution >= 0.6 is 0 Å². The maximum Gasteiger partial charge on any atom is 0.272 e. The molecule has 3 fully saturated rings. The summed E-state index contributed by atoms with van der Waals surface area (Å²) >= 11 is 0. The van der Waals surface area contributed by atoms with Gasteiger partial charge in [0, 0.05) is 42.6 Å². The molecule has 2 aliphatic heterocycles. The molecule has 3 aromatic rings. The number of benzene rings is 1. The van der Waals surface area contributed by atoms with Gasteiger partial charge in [0.05, 0.1) is 22.9 Å². The lowest BCUT2D eigenvalue weighted by Crippen LogP contribution is -2.58. The number of allylic oxidation sites excluding steroid dienone is 1. The molecular formula is C40H51N7O9S. The van der Waals surface area contributed by atoms with Gasteiger partial charge >= 0.3 is 0 Å². The Kier molecular flexibility index (Phi) is 10.7. The first-order chi connectivity index (χ1) is 27.0. The molecule has 2 aliphatic carbocycles. The van der Waals surface area contributed by atoms with Gasteiger partial charge in [0.15, 0.2) is 0 Å². The van der Waals surface area contributed by atoms with Crippen molar-refractivity contribution < 1.29 is 42.2 Å². The number of aromatic nitrogens is 3. The Balaban J connectivity index is 1.23. The van der Waals surface area contributed by atoms with Crippen molar-refractivity contribution in [3.63, 3.8) is 0 Å². The highest BCUT2D eigenvalue weighted by Gasteiger charge is 2.63. The normalized spacial score (nSPS) is 26.1. The van der Waals surface area contributed by atoms with Crippen LogP contribution in [0.15, 0.2) is 42.6 Å². The summed E-state index contributed by atoms with van der Waals surface area (Å²) in [5, 5.41) is 21.0. The Morgan fingerprint density at radius 2 is 1.89 bits per heavy atom. The molecule has 16 nitrogen and oxygen atoms in total. The van der Waals surface area contributed by atoms with E-state index in [0.717, 1.165) is 12.8 Å². The van der Waals surface area contributed by atoms with Gasteiger partial charge in [0.1, 0.15) is 40.9 Å². The highest BCUT2D eigenvalue weighted by Crippen LogP contribution is 2.47. The highest BCUT2D eigenvalue weighted by atomic mass is 32.2.